The molecule has 6 N–H and O–H groups in total. The Kier molecular flexibility index (Phi) is 10.2. The van der Waals surface area contributed by atoms with E-state index in [0.717, 1.165) is 5.56 Å². The standard InChI is InChI=1S/C23H34N4O6S/c1-13(2)10-17(25-20(29)16(24)11-14-5-7-15(28)8-6-14)22(31)27-9-3-4-19(27)21(30)26-18(12-34)23(32)33/h5-8,13,16-19,28,34H,3-4,9-12,24H2,1-2H3,(H,25,29)(H,26,30)(H,32,33). The Hall–Kier alpha value is -2.79. The highest BCUT2D eigenvalue weighted by atomic mass is 32.1. The summed E-state index contributed by atoms with van der Waals surface area (Å²) in [6, 6.07) is 2.61. The molecule has 0 spiro atoms. The molecule has 34 heavy (non-hydrogen) atoms. The summed E-state index contributed by atoms with van der Waals surface area (Å²) >= 11 is 3.95. The highest BCUT2D eigenvalue weighted by Crippen LogP contribution is 2.21. The minimum Gasteiger partial charge on any atom is -0.508 e. The Morgan fingerprint density at radius 1 is 1.15 bits per heavy atom. The fourth-order valence-electron chi connectivity index (χ4n) is 3.91. The van der Waals surface area contributed by atoms with Gasteiger partial charge in [0.2, 0.25) is 17.7 Å². The molecule has 0 aliphatic carbocycles. The smallest absolute Gasteiger partial charge is 0.327 e. The number of hydrogen-bond acceptors (Lipinski definition) is 7. The van der Waals surface area contributed by atoms with Gasteiger partial charge in [-0.2, -0.15) is 12.6 Å². The molecule has 0 bridgehead atoms. The number of phenolic OH excluding ortho intramolecular Hbond substituents is 1. The number of benzene rings is 1. The molecule has 11 heteroatoms. The molecule has 0 aromatic heterocycles. The van der Waals surface area contributed by atoms with Gasteiger partial charge >= 0.3 is 5.97 Å². The number of carboxylic acid groups (broad SMARTS) is 1. The van der Waals surface area contributed by atoms with Crippen molar-refractivity contribution in [2.75, 3.05) is 12.3 Å². The number of nitrogens with zero attached hydrogens (tertiary/aromatic N) is 1. The van der Waals surface area contributed by atoms with Crippen LogP contribution in [0.25, 0.3) is 0 Å². The van der Waals surface area contributed by atoms with Crippen molar-refractivity contribution in [2.24, 2.45) is 11.7 Å². The Bertz CT molecular complexity index is 879. The summed E-state index contributed by atoms with van der Waals surface area (Å²) in [6.45, 7) is 4.17. The Balaban J connectivity index is 2.09. The average molecular weight is 495 g/mol. The molecule has 4 atom stereocenters. The van der Waals surface area contributed by atoms with Crippen LogP contribution in [0.4, 0.5) is 0 Å². The van der Waals surface area contributed by atoms with Gasteiger partial charge in [-0.15, -0.1) is 0 Å². The number of carboxylic acids is 1. The van der Waals surface area contributed by atoms with E-state index >= 15 is 0 Å². The van der Waals surface area contributed by atoms with Crippen LogP contribution in [-0.4, -0.2) is 75.3 Å². The lowest BCUT2D eigenvalue weighted by Crippen LogP contribution is -2.57. The molecule has 1 aromatic carbocycles. The van der Waals surface area contributed by atoms with Crippen molar-refractivity contribution in [2.45, 2.75) is 63.7 Å². The zero-order chi connectivity index (χ0) is 25.4. The number of carbonyl (C=O) groups is 4. The first kappa shape index (κ1) is 27.5. The Morgan fingerprint density at radius 2 is 1.79 bits per heavy atom. The summed E-state index contributed by atoms with van der Waals surface area (Å²) < 4.78 is 0. The second-order valence-electron chi connectivity index (χ2n) is 8.94. The molecule has 1 aliphatic heterocycles. The van der Waals surface area contributed by atoms with Gasteiger partial charge < -0.3 is 31.5 Å². The lowest BCUT2D eigenvalue weighted by Gasteiger charge is -2.30. The van der Waals surface area contributed by atoms with E-state index in [-0.39, 0.29) is 23.8 Å². The second kappa shape index (κ2) is 12.6. The second-order valence-corrected chi connectivity index (χ2v) is 9.30. The molecule has 0 saturated carbocycles. The van der Waals surface area contributed by atoms with Crippen molar-refractivity contribution in [1.29, 1.82) is 0 Å². The third kappa shape index (κ3) is 7.63. The molecule has 1 fully saturated rings. The van der Waals surface area contributed by atoms with Crippen LogP contribution in [0.3, 0.4) is 0 Å². The third-order valence-electron chi connectivity index (χ3n) is 5.69. The largest absolute Gasteiger partial charge is 0.508 e. The first-order valence-corrected chi connectivity index (χ1v) is 11.9. The SMILES string of the molecule is CC(C)CC(NC(=O)C(N)Cc1ccc(O)cc1)C(=O)N1CCCC1C(=O)NC(CS)C(=O)O. The number of phenols is 1. The van der Waals surface area contributed by atoms with Crippen molar-refractivity contribution >= 4 is 36.3 Å². The first-order valence-electron chi connectivity index (χ1n) is 11.3. The molecule has 188 valence electrons. The van der Waals surface area contributed by atoms with Crippen LogP contribution in [0.2, 0.25) is 0 Å². The summed E-state index contributed by atoms with van der Waals surface area (Å²) in [6.07, 6.45) is 1.57. The maximum atomic E-state index is 13.4. The predicted molar refractivity (Wildman–Crippen MR) is 129 cm³/mol. The van der Waals surface area contributed by atoms with Crippen LogP contribution >= 0.6 is 12.6 Å². The van der Waals surface area contributed by atoms with Crippen LogP contribution < -0.4 is 16.4 Å². The van der Waals surface area contributed by atoms with Gasteiger partial charge in [-0.05, 0) is 49.3 Å². The summed E-state index contributed by atoms with van der Waals surface area (Å²) in [5, 5.41) is 23.8. The van der Waals surface area contributed by atoms with Gasteiger partial charge in [-0.25, -0.2) is 4.79 Å². The molecule has 0 radical (unpaired) electrons. The van der Waals surface area contributed by atoms with Crippen molar-refractivity contribution in [1.82, 2.24) is 15.5 Å². The number of aliphatic carboxylic acids is 1. The van der Waals surface area contributed by atoms with Gasteiger partial charge in [0.15, 0.2) is 0 Å². The van der Waals surface area contributed by atoms with Gasteiger partial charge in [0.05, 0.1) is 6.04 Å². The zero-order valence-corrected chi connectivity index (χ0v) is 20.3. The summed E-state index contributed by atoms with van der Waals surface area (Å²) in [5.74, 6) is -2.52. The number of nitrogens with two attached hydrogens (primary N) is 1. The van der Waals surface area contributed by atoms with Crippen molar-refractivity contribution in [3.63, 3.8) is 0 Å². The van der Waals surface area contributed by atoms with Crippen LogP contribution in [0.1, 0.15) is 38.7 Å². The Morgan fingerprint density at radius 3 is 2.35 bits per heavy atom. The maximum absolute atomic E-state index is 13.4. The molecule has 1 saturated heterocycles. The Labute approximate surface area is 204 Å². The van der Waals surface area contributed by atoms with Gasteiger partial charge in [-0.1, -0.05) is 26.0 Å². The number of aromatic hydroxyl groups is 1. The summed E-state index contributed by atoms with van der Waals surface area (Å²) in [7, 11) is 0. The monoisotopic (exact) mass is 494 g/mol. The number of thiol groups is 1. The number of carbonyl (C=O) groups excluding carboxylic acids is 3. The van der Waals surface area contributed by atoms with Crippen LogP contribution in [-0.2, 0) is 25.6 Å². The number of nitrogens with one attached hydrogen (secondary N) is 2. The molecule has 4 unspecified atom stereocenters. The van der Waals surface area contributed by atoms with Crippen LogP contribution in [0.5, 0.6) is 5.75 Å². The van der Waals surface area contributed by atoms with Crippen LogP contribution in [0.15, 0.2) is 24.3 Å². The topological polar surface area (TPSA) is 162 Å². The van der Waals surface area contributed by atoms with Crippen molar-refractivity contribution in [3.8, 4) is 5.75 Å². The lowest BCUT2D eigenvalue weighted by atomic mass is 10.0. The van der Waals surface area contributed by atoms with Crippen LogP contribution in [0, 0.1) is 5.92 Å². The predicted octanol–water partition coefficient (Wildman–Crippen LogP) is 0.283. The molecular formula is C23H34N4O6S. The molecule has 2 rings (SSSR count). The molecule has 1 aliphatic rings. The molecule has 10 nitrogen and oxygen atoms in total. The van der Waals surface area contributed by atoms with Crippen molar-refractivity contribution in [3.05, 3.63) is 29.8 Å². The van der Waals surface area contributed by atoms with E-state index in [9.17, 15) is 29.4 Å². The van der Waals surface area contributed by atoms with E-state index in [4.69, 9.17) is 5.73 Å². The quantitative estimate of drug-likeness (QED) is 0.241. The first-order chi connectivity index (χ1) is 16.0. The fourth-order valence-corrected chi connectivity index (χ4v) is 4.15. The third-order valence-corrected chi connectivity index (χ3v) is 6.05. The lowest BCUT2D eigenvalue weighted by molar-refractivity contribution is -0.144. The normalized spacial score (nSPS) is 18.3. The van der Waals surface area contributed by atoms with E-state index in [0.29, 0.717) is 25.8 Å². The highest BCUT2D eigenvalue weighted by molar-refractivity contribution is 7.80. The number of likely N-dealkylation sites (tertiary alicyclic amines) is 1. The van der Waals surface area contributed by atoms with E-state index in [2.05, 4.69) is 23.3 Å². The molecule has 3 amide bonds. The summed E-state index contributed by atoms with van der Waals surface area (Å²) in [5.41, 5.74) is 6.83. The highest BCUT2D eigenvalue weighted by Gasteiger charge is 2.39. The summed E-state index contributed by atoms with van der Waals surface area (Å²) in [4.78, 5) is 51.5. The van der Waals surface area contributed by atoms with E-state index in [1.165, 1.54) is 17.0 Å². The van der Waals surface area contributed by atoms with Crippen molar-refractivity contribution < 1.29 is 29.4 Å². The minimum absolute atomic E-state index is 0.0767. The van der Waals surface area contributed by atoms with E-state index < -0.39 is 47.9 Å². The number of rotatable bonds is 11. The maximum Gasteiger partial charge on any atom is 0.327 e. The minimum atomic E-state index is -1.20. The van der Waals surface area contributed by atoms with E-state index in [1.807, 2.05) is 13.8 Å². The fraction of sp³-hybridized carbons (Fsp3) is 0.565. The number of hydrogen-bond donors (Lipinski definition) is 6. The van der Waals surface area contributed by atoms with Gasteiger partial charge in [0.25, 0.3) is 0 Å². The number of amides is 3. The average Bonchev–Trinajstić information content (AvgIpc) is 3.27. The van der Waals surface area contributed by atoms with E-state index in [1.54, 1.807) is 12.1 Å². The zero-order valence-electron chi connectivity index (χ0n) is 19.4. The molecule has 1 heterocycles. The van der Waals surface area contributed by atoms with Gasteiger partial charge in [0.1, 0.15) is 23.9 Å². The van der Waals surface area contributed by atoms with Gasteiger partial charge in [0, 0.05) is 12.3 Å². The van der Waals surface area contributed by atoms with Gasteiger partial charge in [-0.3, -0.25) is 14.4 Å². The molecule has 1 aromatic rings. The molecular weight excluding hydrogens is 460 g/mol.